The summed E-state index contributed by atoms with van der Waals surface area (Å²) in [5, 5.41) is 0. The largest absolute Gasteiger partial charge is 0.493 e. The molecule has 1 aromatic carbocycles. The van der Waals surface area contributed by atoms with E-state index in [9.17, 15) is 0 Å². The van der Waals surface area contributed by atoms with E-state index in [1.54, 1.807) is 14.2 Å². The van der Waals surface area contributed by atoms with E-state index in [0.29, 0.717) is 5.92 Å². The number of hydrogen-bond donors (Lipinski definition) is 1. The molecule has 1 unspecified atom stereocenters. The molecule has 19 heavy (non-hydrogen) atoms. The molecule has 0 aliphatic heterocycles. The minimum atomic E-state index is 0.0729. The van der Waals surface area contributed by atoms with Gasteiger partial charge in [0.15, 0.2) is 11.5 Å². The number of rotatable bonds is 5. The highest BCUT2D eigenvalue weighted by Crippen LogP contribution is 2.55. The molecule has 1 saturated carbocycles. The number of ether oxygens (including phenoxy) is 2. The predicted octanol–water partition coefficient (Wildman–Crippen LogP) is 3.21. The van der Waals surface area contributed by atoms with Crippen LogP contribution in [0.1, 0.15) is 50.7 Å². The molecule has 3 nitrogen and oxygen atoms in total. The van der Waals surface area contributed by atoms with E-state index >= 15 is 0 Å². The molecule has 0 bridgehead atoms. The van der Waals surface area contributed by atoms with E-state index in [1.165, 1.54) is 11.1 Å². The van der Waals surface area contributed by atoms with Crippen LogP contribution >= 0.6 is 0 Å². The molecule has 0 spiro atoms. The van der Waals surface area contributed by atoms with Gasteiger partial charge in [0.1, 0.15) is 0 Å². The van der Waals surface area contributed by atoms with Gasteiger partial charge in [-0.15, -0.1) is 0 Å². The summed E-state index contributed by atoms with van der Waals surface area (Å²) in [4.78, 5) is 0. The van der Waals surface area contributed by atoms with E-state index < -0.39 is 0 Å². The van der Waals surface area contributed by atoms with E-state index in [0.717, 1.165) is 24.3 Å². The lowest BCUT2D eigenvalue weighted by Crippen LogP contribution is -2.32. The quantitative estimate of drug-likeness (QED) is 0.887. The molecular formula is C16H25NO2. The SMILES string of the molecule is COc1cc(C(C)C)cc(C2(C(C)N)CC2)c1OC. The topological polar surface area (TPSA) is 44.5 Å². The Morgan fingerprint density at radius 3 is 2.11 bits per heavy atom. The van der Waals surface area contributed by atoms with Crippen molar-refractivity contribution in [1.82, 2.24) is 0 Å². The molecule has 0 heterocycles. The molecule has 2 rings (SSSR count). The Morgan fingerprint density at radius 2 is 1.74 bits per heavy atom. The smallest absolute Gasteiger partial charge is 0.164 e. The van der Waals surface area contributed by atoms with Crippen molar-refractivity contribution in [3.8, 4) is 11.5 Å². The second kappa shape index (κ2) is 5.04. The van der Waals surface area contributed by atoms with Crippen molar-refractivity contribution < 1.29 is 9.47 Å². The van der Waals surface area contributed by atoms with Crippen LogP contribution in [0, 0.1) is 0 Å². The Bertz CT molecular complexity index is 462. The highest BCUT2D eigenvalue weighted by Gasteiger charge is 2.49. The Balaban J connectivity index is 2.60. The monoisotopic (exact) mass is 263 g/mol. The van der Waals surface area contributed by atoms with Gasteiger partial charge < -0.3 is 15.2 Å². The molecule has 2 N–H and O–H groups in total. The molecular weight excluding hydrogens is 238 g/mol. The minimum Gasteiger partial charge on any atom is -0.493 e. The summed E-state index contributed by atoms with van der Waals surface area (Å²) < 4.78 is 11.1. The number of hydrogen-bond acceptors (Lipinski definition) is 3. The van der Waals surface area contributed by atoms with E-state index in [2.05, 4.69) is 32.9 Å². The number of methoxy groups -OCH3 is 2. The van der Waals surface area contributed by atoms with Gasteiger partial charge in [0, 0.05) is 17.0 Å². The second-order valence-electron chi connectivity index (χ2n) is 5.90. The predicted molar refractivity (Wildman–Crippen MR) is 78.2 cm³/mol. The summed E-state index contributed by atoms with van der Waals surface area (Å²) in [7, 11) is 3.39. The zero-order chi connectivity index (χ0) is 14.2. The van der Waals surface area contributed by atoms with Crippen LogP contribution in [0.4, 0.5) is 0 Å². The maximum Gasteiger partial charge on any atom is 0.164 e. The van der Waals surface area contributed by atoms with Crippen LogP contribution in [0.3, 0.4) is 0 Å². The fraction of sp³-hybridized carbons (Fsp3) is 0.625. The summed E-state index contributed by atoms with van der Waals surface area (Å²) in [5.74, 6) is 2.12. The third-order valence-electron chi connectivity index (χ3n) is 4.36. The van der Waals surface area contributed by atoms with Crippen molar-refractivity contribution >= 4 is 0 Å². The zero-order valence-corrected chi connectivity index (χ0v) is 12.6. The van der Waals surface area contributed by atoms with Gasteiger partial charge in [0.05, 0.1) is 14.2 Å². The molecule has 0 aromatic heterocycles. The van der Waals surface area contributed by atoms with Gasteiger partial charge in [0.2, 0.25) is 0 Å². The van der Waals surface area contributed by atoms with Crippen molar-refractivity contribution in [3.63, 3.8) is 0 Å². The molecule has 1 atom stereocenters. The lowest BCUT2D eigenvalue weighted by molar-refractivity contribution is 0.345. The zero-order valence-electron chi connectivity index (χ0n) is 12.6. The lowest BCUT2D eigenvalue weighted by Gasteiger charge is -2.25. The highest BCUT2D eigenvalue weighted by molar-refractivity contribution is 5.55. The summed E-state index contributed by atoms with van der Waals surface area (Å²) in [6.07, 6.45) is 2.26. The molecule has 0 saturated heterocycles. The fourth-order valence-electron chi connectivity index (χ4n) is 2.79. The van der Waals surface area contributed by atoms with Gasteiger partial charge in [-0.25, -0.2) is 0 Å². The lowest BCUT2D eigenvalue weighted by atomic mass is 9.86. The van der Waals surface area contributed by atoms with Crippen LogP contribution in [0.5, 0.6) is 11.5 Å². The standard InChI is InChI=1S/C16H25NO2/c1-10(2)12-8-13(16(6-7-16)11(3)17)15(19-5)14(9-12)18-4/h8-11H,6-7,17H2,1-5H3. The molecule has 0 amide bonds. The third-order valence-corrected chi connectivity index (χ3v) is 4.36. The average Bonchev–Trinajstić information content (AvgIpc) is 3.18. The van der Waals surface area contributed by atoms with Crippen LogP contribution in [-0.2, 0) is 5.41 Å². The molecule has 0 radical (unpaired) electrons. The maximum absolute atomic E-state index is 6.21. The molecule has 1 fully saturated rings. The Labute approximate surface area is 116 Å². The molecule has 1 aliphatic rings. The number of nitrogens with two attached hydrogens (primary N) is 1. The summed E-state index contributed by atoms with van der Waals surface area (Å²) >= 11 is 0. The van der Waals surface area contributed by atoms with E-state index in [1.807, 2.05) is 0 Å². The van der Waals surface area contributed by atoms with Crippen LogP contribution < -0.4 is 15.2 Å². The first-order valence-corrected chi connectivity index (χ1v) is 6.98. The Morgan fingerprint density at radius 1 is 1.11 bits per heavy atom. The third kappa shape index (κ3) is 2.32. The van der Waals surface area contributed by atoms with Crippen molar-refractivity contribution in [3.05, 3.63) is 23.3 Å². The van der Waals surface area contributed by atoms with Crippen molar-refractivity contribution in [2.45, 2.75) is 51.0 Å². The normalized spacial score (nSPS) is 18.3. The minimum absolute atomic E-state index is 0.0729. The fourth-order valence-corrected chi connectivity index (χ4v) is 2.79. The first-order valence-electron chi connectivity index (χ1n) is 6.98. The molecule has 106 valence electrons. The van der Waals surface area contributed by atoms with Gasteiger partial charge in [-0.3, -0.25) is 0 Å². The Kier molecular flexibility index (Phi) is 3.77. The van der Waals surface area contributed by atoms with Crippen LogP contribution in [0.25, 0.3) is 0 Å². The average molecular weight is 263 g/mol. The summed E-state index contributed by atoms with van der Waals surface area (Å²) in [6, 6.07) is 4.46. The van der Waals surface area contributed by atoms with E-state index in [4.69, 9.17) is 15.2 Å². The van der Waals surface area contributed by atoms with Gasteiger partial charge in [0.25, 0.3) is 0 Å². The van der Waals surface area contributed by atoms with Crippen LogP contribution in [-0.4, -0.2) is 20.3 Å². The van der Waals surface area contributed by atoms with Crippen LogP contribution in [0.15, 0.2) is 12.1 Å². The summed E-state index contributed by atoms with van der Waals surface area (Å²) in [5.41, 5.74) is 8.78. The maximum atomic E-state index is 6.21. The van der Waals surface area contributed by atoms with Gasteiger partial charge in [-0.2, -0.15) is 0 Å². The van der Waals surface area contributed by atoms with Gasteiger partial charge in [-0.1, -0.05) is 19.9 Å². The first kappa shape index (κ1) is 14.2. The number of benzene rings is 1. The highest BCUT2D eigenvalue weighted by atomic mass is 16.5. The molecule has 1 aliphatic carbocycles. The van der Waals surface area contributed by atoms with Crippen molar-refractivity contribution in [2.24, 2.45) is 5.73 Å². The van der Waals surface area contributed by atoms with E-state index in [-0.39, 0.29) is 11.5 Å². The van der Waals surface area contributed by atoms with Crippen LogP contribution in [0.2, 0.25) is 0 Å². The summed E-state index contributed by atoms with van der Waals surface area (Å²) in [6.45, 7) is 6.47. The van der Waals surface area contributed by atoms with Gasteiger partial charge in [-0.05, 0) is 37.3 Å². The second-order valence-corrected chi connectivity index (χ2v) is 5.90. The molecule has 3 heteroatoms. The Hall–Kier alpha value is -1.22. The van der Waals surface area contributed by atoms with Crippen molar-refractivity contribution in [1.29, 1.82) is 0 Å². The van der Waals surface area contributed by atoms with Gasteiger partial charge >= 0.3 is 0 Å². The van der Waals surface area contributed by atoms with Crippen molar-refractivity contribution in [2.75, 3.05) is 14.2 Å². The first-order chi connectivity index (χ1) is 8.96. The molecule has 1 aromatic rings.